The summed E-state index contributed by atoms with van der Waals surface area (Å²) in [6.07, 6.45) is 4.69. The van der Waals surface area contributed by atoms with Crippen molar-refractivity contribution in [3.05, 3.63) is 0 Å². The molecule has 0 radical (unpaired) electrons. The molecule has 0 heterocycles. The summed E-state index contributed by atoms with van der Waals surface area (Å²) in [5, 5.41) is 24.5. The van der Waals surface area contributed by atoms with E-state index in [1.54, 1.807) is 18.8 Å². The lowest BCUT2D eigenvalue weighted by Crippen LogP contribution is -2.33. The van der Waals surface area contributed by atoms with Gasteiger partial charge < -0.3 is 14.2 Å². The average Bonchev–Trinajstić information content (AvgIpc) is 2.29. The van der Waals surface area contributed by atoms with Gasteiger partial charge in [0.15, 0.2) is 0 Å². The molecule has 0 aromatic heterocycles. The molecular weight excluding hydrogens is 212 g/mol. The summed E-state index contributed by atoms with van der Waals surface area (Å²) in [6.45, 7) is 2.31. The van der Waals surface area contributed by atoms with Gasteiger partial charge >= 0.3 is 0 Å². The van der Waals surface area contributed by atoms with E-state index in [-0.39, 0.29) is 19.8 Å². The Bertz CT molecular complexity index is 241. The van der Waals surface area contributed by atoms with Crippen LogP contribution in [0, 0.1) is 34.6 Å². The minimum absolute atomic E-state index is 0.260. The summed E-state index contributed by atoms with van der Waals surface area (Å²) >= 11 is 0. The monoisotopic (exact) mass is 224 g/mol. The lowest BCUT2D eigenvalue weighted by molar-refractivity contribution is 0.129. The normalized spacial score (nSPS) is 8.62. The van der Waals surface area contributed by atoms with Crippen LogP contribution in [-0.2, 0) is 14.2 Å². The van der Waals surface area contributed by atoms with Crippen LogP contribution in [0.15, 0.2) is 0 Å². The van der Waals surface area contributed by atoms with E-state index < -0.39 is 0 Å². The molecule has 0 fully saturated rings. The molecule has 7 heteroatoms. The second-order valence-corrected chi connectivity index (χ2v) is 2.66. The molecule has 0 aromatic rings. The first kappa shape index (κ1) is 13.8. The van der Waals surface area contributed by atoms with Gasteiger partial charge in [0.05, 0.1) is 0 Å². The van der Waals surface area contributed by atoms with Crippen LogP contribution in [0.25, 0.3) is 0 Å². The van der Waals surface area contributed by atoms with Crippen molar-refractivity contribution in [1.82, 2.24) is 4.90 Å². The van der Waals surface area contributed by atoms with Crippen molar-refractivity contribution in [1.29, 1.82) is 15.8 Å². The van der Waals surface area contributed by atoms with E-state index in [9.17, 15) is 0 Å². The van der Waals surface area contributed by atoms with Gasteiger partial charge in [0, 0.05) is 19.6 Å². The summed E-state index contributed by atoms with van der Waals surface area (Å²) in [7, 11) is 0. The van der Waals surface area contributed by atoms with Crippen LogP contribution in [0.4, 0.5) is 0 Å². The van der Waals surface area contributed by atoms with Crippen molar-refractivity contribution >= 4 is 0 Å². The molecule has 0 saturated heterocycles. The lowest BCUT2D eigenvalue weighted by Gasteiger charge is -2.19. The van der Waals surface area contributed by atoms with E-state index in [1.807, 2.05) is 4.90 Å². The zero-order valence-electron chi connectivity index (χ0n) is 8.76. The zero-order chi connectivity index (χ0) is 12.1. The van der Waals surface area contributed by atoms with Crippen molar-refractivity contribution in [3.63, 3.8) is 0 Å². The third kappa shape index (κ3) is 8.43. The summed E-state index contributed by atoms with van der Waals surface area (Å²) in [5.41, 5.74) is 0. The SMILES string of the molecule is N#COCCN(CCOC#N)CCOC#N. The van der Waals surface area contributed by atoms with Crippen LogP contribution in [0.5, 0.6) is 0 Å². The zero-order valence-corrected chi connectivity index (χ0v) is 8.76. The van der Waals surface area contributed by atoms with Gasteiger partial charge in [-0.2, -0.15) is 15.8 Å². The highest BCUT2D eigenvalue weighted by Crippen LogP contribution is 1.90. The maximum atomic E-state index is 8.18. The predicted octanol–water partition coefficient (Wildman–Crippen LogP) is -0.219. The molecular formula is C9H12N4O3. The number of ether oxygens (including phenoxy) is 3. The van der Waals surface area contributed by atoms with E-state index in [4.69, 9.17) is 15.8 Å². The van der Waals surface area contributed by atoms with Gasteiger partial charge in [0.2, 0.25) is 0 Å². The quantitative estimate of drug-likeness (QED) is 0.394. The molecule has 0 aliphatic carbocycles. The Morgan fingerprint density at radius 1 is 0.688 bits per heavy atom. The summed E-state index contributed by atoms with van der Waals surface area (Å²) < 4.78 is 13.6. The first-order valence-corrected chi connectivity index (χ1v) is 4.60. The molecule has 7 nitrogen and oxygen atoms in total. The van der Waals surface area contributed by atoms with E-state index in [1.165, 1.54) is 0 Å². The molecule has 0 aliphatic heterocycles. The number of rotatable bonds is 9. The van der Waals surface area contributed by atoms with Gasteiger partial charge in [0.25, 0.3) is 18.8 Å². The maximum Gasteiger partial charge on any atom is 0.286 e. The lowest BCUT2D eigenvalue weighted by atomic mass is 10.4. The first-order chi connectivity index (χ1) is 7.85. The van der Waals surface area contributed by atoms with Gasteiger partial charge in [-0.3, -0.25) is 4.90 Å². The molecule has 0 N–H and O–H groups in total. The Hall–Kier alpha value is -2.17. The number of nitrogens with zero attached hydrogens (tertiary/aromatic N) is 4. The molecule has 16 heavy (non-hydrogen) atoms. The van der Waals surface area contributed by atoms with E-state index in [0.717, 1.165) is 0 Å². The van der Waals surface area contributed by atoms with E-state index >= 15 is 0 Å². The predicted molar refractivity (Wildman–Crippen MR) is 51.1 cm³/mol. The Labute approximate surface area is 93.9 Å². The van der Waals surface area contributed by atoms with Crippen LogP contribution in [0.3, 0.4) is 0 Å². The van der Waals surface area contributed by atoms with Gasteiger partial charge in [-0.05, 0) is 0 Å². The standard InChI is InChI=1S/C9H12N4O3/c10-7-14-4-1-13(2-5-15-8-11)3-6-16-9-12/h1-6H2. The van der Waals surface area contributed by atoms with Crippen LogP contribution < -0.4 is 0 Å². The Kier molecular flexibility index (Phi) is 9.43. The van der Waals surface area contributed by atoms with Gasteiger partial charge in [-0.1, -0.05) is 0 Å². The fourth-order valence-corrected chi connectivity index (χ4v) is 0.997. The van der Waals surface area contributed by atoms with E-state index in [0.29, 0.717) is 19.6 Å². The maximum absolute atomic E-state index is 8.18. The molecule has 0 amide bonds. The van der Waals surface area contributed by atoms with Crippen molar-refractivity contribution in [2.24, 2.45) is 0 Å². The molecule has 0 saturated carbocycles. The minimum atomic E-state index is 0.260. The summed E-state index contributed by atoms with van der Waals surface area (Å²) in [4.78, 5) is 1.87. The van der Waals surface area contributed by atoms with Crippen LogP contribution in [-0.4, -0.2) is 44.4 Å². The molecule has 0 aromatic carbocycles. The van der Waals surface area contributed by atoms with Crippen LogP contribution >= 0.6 is 0 Å². The molecule has 86 valence electrons. The molecule has 0 bridgehead atoms. The largest absolute Gasteiger partial charge is 0.426 e. The number of hydrogen-bond acceptors (Lipinski definition) is 7. The topological polar surface area (TPSA) is 102 Å². The van der Waals surface area contributed by atoms with Gasteiger partial charge in [-0.15, -0.1) is 0 Å². The molecule has 0 spiro atoms. The van der Waals surface area contributed by atoms with Crippen LogP contribution in [0.2, 0.25) is 0 Å². The molecule has 0 aliphatic rings. The van der Waals surface area contributed by atoms with Crippen molar-refractivity contribution < 1.29 is 14.2 Å². The van der Waals surface area contributed by atoms with Gasteiger partial charge in [0.1, 0.15) is 19.8 Å². The molecule has 0 atom stereocenters. The third-order valence-corrected chi connectivity index (χ3v) is 1.72. The van der Waals surface area contributed by atoms with Gasteiger partial charge in [-0.25, -0.2) is 0 Å². The summed E-state index contributed by atoms with van der Waals surface area (Å²) in [6, 6.07) is 0. The number of hydrogen-bond donors (Lipinski definition) is 0. The van der Waals surface area contributed by atoms with Crippen molar-refractivity contribution in [3.8, 4) is 18.8 Å². The highest BCUT2D eigenvalue weighted by molar-refractivity contribution is 4.61. The second-order valence-electron chi connectivity index (χ2n) is 2.66. The molecule has 0 unspecified atom stereocenters. The first-order valence-electron chi connectivity index (χ1n) is 4.60. The average molecular weight is 224 g/mol. The highest BCUT2D eigenvalue weighted by Gasteiger charge is 2.05. The smallest absolute Gasteiger partial charge is 0.286 e. The molecule has 0 rings (SSSR count). The summed E-state index contributed by atoms with van der Waals surface area (Å²) in [5.74, 6) is 0. The third-order valence-electron chi connectivity index (χ3n) is 1.72. The second kappa shape index (κ2) is 10.9. The number of nitriles is 3. The van der Waals surface area contributed by atoms with Crippen molar-refractivity contribution in [2.75, 3.05) is 39.5 Å². The minimum Gasteiger partial charge on any atom is -0.426 e. The van der Waals surface area contributed by atoms with Crippen LogP contribution in [0.1, 0.15) is 0 Å². The Morgan fingerprint density at radius 3 is 1.25 bits per heavy atom. The van der Waals surface area contributed by atoms with Crippen molar-refractivity contribution in [2.45, 2.75) is 0 Å². The van der Waals surface area contributed by atoms with E-state index in [2.05, 4.69) is 14.2 Å². The Morgan fingerprint density at radius 2 is 1.00 bits per heavy atom. The fraction of sp³-hybridized carbons (Fsp3) is 0.667. The highest BCUT2D eigenvalue weighted by atomic mass is 16.5. The fourth-order valence-electron chi connectivity index (χ4n) is 0.997. The Balaban J connectivity index is 3.73.